The van der Waals surface area contributed by atoms with Gasteiger partial charge in [0.2, 0.25) is 5.43 Å². The van der Waals surface area contributed by atoms with Crippen molar-refractivity contribution in [3.8, 4) is 11.5 Å². The van der Waals surface area contributed by atoms with Crippen LogP contribution in [0.25, 0.3) is 38.7 Å². The van der Waals surface area contributed by atoms with Crippen molar-refractivity contribution in [3.63, 3.8) is 0 Å². The topological polar surface area (TPSA) is 43.7 Å². The smallest absolute Gasteiger partial charge is 0.201 e. The molecule has 34 heavy (non-hydrogen) atoms. The number of ether oxygens (including phenoxy) is 2. The van der Waals surface area contributed by atoms with Crippen LogP contribution in [-0.4, -0.2) is 41.3 Å². The van der Waals surface area contributed by atoms with Gasteiger partial charge in [0.1, 0.15) is 23.7 Å². The minimum atomic E-state index is -0.426. The molecule has 5 nitrogen and oxygen atoms in total. The Morgan fingerprint density at radius 2 is 1.76 bits per heavy atom. The fourth-order valence-electron chi connectivity index (χ4n) is 4.93. The van der Waals surface area contributed by atoms with Crippen LogP contribution in [0.4, 0.5) is 0 Å². The number of hydrogen-bond acceptors (Lipinski definition) is 4. The molecule has 0 atom stereocenters. The van der Waals surface area contributed by atoms with Gasteiger partial charge in [-0.3, -0.25) is 4.79 Å². The lowest BCUT2D eigenvalue weighted by atomic mass is 9.97. The molecule has 0 N–H and O–H groups in total. The first-order valence-corrected chi connectivity index (χ1v) is 12.1. The quantitative estimate of drug-likeness (QED) is 0.347. The summed E-state index contributed by atoms with van der Waals surface area (Å²) in [5.74, 6) is 1.33. The Kier molecular flexibility index (Phi) is 5.61. The van der Waals surface area contributed by atoms with E-state index in [0.717, 1.165) is 52.8 Å². The maximum absolute atomic E-state index is 14.0. The average molecular weight is 457 g/mol. The van der Waals surface area contributed by atoms with Crippen molar-refractivity contribution in [2.75, 3.05) is 26.2 Å². The van der Waals surface area contributed by atoms with Crippen molar-refractivity contribution in [2.24, 2.45) is 7.05 Å². The summed E-state index contributed by atoms with van der Waals surface area (Å²) in [7, 11) is 2.02. The van der Waals surface area contributed by atoms with Crippen LogP contribution in [-0.2, 0) is 7.05 Å². The fraction of sp³-hybridized carbons (Fsp3) is 0.345. The molecule has 1 aromatic heterocycles. The number of pyridine rings is 1. The molecular formula is C29H32N2O3. The lowest BCUT2D eigenvalue weighted by Gasteiger charge is -2.30. The molecule has 0 spiro atoms. The molecule has 3 aromatic carbocycles. The second-order valence-corrected chi connectivity index (χ2v) is 9.53. The third kappa shape index (κ3) is 3.74. The molecule has 5 heteroatoms. The van der Waals surface area contributed by atoms with Crippen molar-refractivity contribution in [1.29, 1.82) is 0 Å². The van der Waals surface area contributed by atoms with Crippen LogP contribution >= 0.6 is 0 Å². The summed E-state index contributed by atoms with van der Waals surface area (Å²) in [6.07, 6.45) is 4.12. The largest absolute Gasteiger partial charge is 0.491 e. The molecule has 0 fully saturated rings. The Morgan fingerprint density at radius 3 is 2.47 bits per heavy atom. The first-order chi connectivity index (χ1) is 16.3. The zero-order valence-electron chi connectivity index (χ0n) is 20.6. The molecule has 0 aliphatic carbocycles. The Balaban J connectivity index is 1.79. The number of hydrogen-bond donors (Lipinski definition) is 0. The Hall–Kier alpha value is -3.31. The van der Waals surface area contributed by atoms with Gasteiger partial charge >= 0.3 is 0 Å². The van der Waals surface area contributed by atoms with E-state index in [1.165, 1.54) is 0 Å². The predicted molar refractivity (Wildman–Crippen MR) is 141 cm³/mol. The van der Waals surface area contributed by atoms with Gasteiger partial charge in [0.15, 0.2) is 0 Å². The van der Waals surface area contributed by atoms with E-state index in [1.54, 1.807) is 0 Å². The monoisotopic (exact) mass is 456 g/mol. The van der Waals surface area contributed by atoms with Gasteiger partial charge in [-0.05, 0) is 62.0 Å². The van der Waals surface area contributed by atoms with Crippen molar-refractivity contribution in [3.05, 3.63) is 64.3 Å². The highest BCUT2D eigenvalue weighted by Gasteiger charge is 2.27. The summed E-state index contributed by atoms with van der Waals surface area (Å²) in [5.41, 5.74) is 2.23. The molecule has 4 aromatic rings. The zero-order valence-corrected chi connectivity index (χ0v) is 20.6. The summed E-state index contributed by atoms with van der Waals surface area (Å²) in [6.45, 7) is 11.6. The van der Waals surface area contributed by atoms with Crippen molar-refractivity contribution < 1.29 is 9.47 Å². The lowest BCUT2D eigenvalue weighted by molar-refractivity contribution is 0.158. The van der Waals surface area contributed by atoms with Crippen molar-refractivity contribution in [1.82, 2.24) is 9.47 Å². The number of fused-ring (bicyclic) bond motifs is 5. The second-order valence-electron chi connectivity index (χ2n) is 9.53. The van der Waals surface area contributed by atoms with Crippen LogP contribution in [0, 0.1) is 0 Å². The van der Waals surface area contributed by atoms with Crippen LogP contribution in [0.15, 0.2) is 53.3 Å². The Labute approximate surface area is 200 Å². The summed E-state index contributed by atoms with van der Waals surface area (Å²) >= 11 is 0. The van der Waals surface area contributed by atoms with Gasteiger partial charge in [-0.2, -0.15) is 0 Å². The number of aryl methyl sites for hydroxylation is 1. The zero-order chi connectivity index (χ0) is 24.0. The summed E-state index contributed by atoms with van der Waals surface area (Å²) in [6, 6.07) is 14.2. The minimum Gasteiger partial charge on any atom is -0.491 e. The lowest BCUT2D eigenvalue weighted by Crippen LogP contribution is -2.29. The number of likely N-dealkylation sites (N-methyl/N-ethyl adjacent to an activating group) is 1. The van der Waals surface area contributed by atoms with E-state index >= 15 is 0 Å². The van der Waals surface area contributed by atoms with E-state index in [1.807, 2.05) is 57.3 Å². The molecule has 1 aliphatic heterocycles. The highest BCUT2D eigenvalue weighted by molar-refractivity contribution is 6.05. The second kappa shape index (κ2) is 8.48. The third-order valence-electron chi connectivity index (χ3n) is 6.88. The molecule has 0 bridgehead atoms. The first-order valence-electron chi connectivity index (χ1n) is 12.1. The van der Waals surface area contributed by atoms with Gasteiger partial charge in [-0.25, -0.2) is 0 Å². The molecule has 176 valence electrons. The van der Waals surface area contributed by atoms with E-state index in [2.05, 4.69) is 41.5 Å². The van der Waals surface area contributed by atoms with E-state index in [4.69, 9.17) is 9.47 Å². The summed E-state index contributed by atoms with van der Waals surface area (Å²) < 4.78 is 14.7. The van der Waals surface area contributed by atoms with Gasteiger partial charge in [0, 0.05) is 30.6 Å². The third-order valence-corrected chi connectivity index (χ3v) is 6.88. The number of nitrogens with zero attached hydrogens (tertiary/aromatic N) is 2. The van der Waals surface area contributed by atoms with Crippen LogP contribution in [0.3, 0.4) is 0 Å². The van der Waals surface area contributed by atoms with Gasteiger partial charge in [-0.15, -0.1) is 0 Å². The molecular weight excluding hydrogens is 424 g/mol. The van der Waals surface area contributed by atoms with E-state index < -0.39 is 5.60 Å². The highest BCUT2D eigenvalue weighted by atomic mass is 16.5. The van der Waals surface area contributed by atoms with Crippen molar-refractivity contribution in [2.45, 2.75) is 33.3 Å². The van der Waals surface area contributed by atoms with Crippen molar-refractivity contribution >= 4 is 38.7 Å². The maximum atomic E-state index is 14.0. The normalized spacial score (nSPS) is 14.6. The average Bonchev–Trinajstić information content (AvgIpc) is 2.83. The SMILES string of the molecule is CCN(CC)CCOc1cc2c(c3c1c(=O)c1cc4ccccc4cc1n3C)C=CC(C)(C)O2. The van der Waals surface area contributed by atoms with E-state index in [0.29, 0.717) is 23.1 Å². The van der Waals surface area contributed by atoms with Gasteiger partial charge in [0.05, 0.1) is 16.4 Å². The number of benzene rings is 3. The molecule has 5 rings (SSSR count). The summed E-state index contributed by atoms with van der Waals surface area (Å²) in [4.78, 5) is 16.3. The fourth-order valence-corrected chi connectivity index (χ4v) is 4.93. The molecule has 1 aliphatic rings. The van der Waals surface area contributed by atoms with Crippen LogP contribution < -0.4 is 14.9 Å². The molecule has 2 heterocycles. The van der Waals surface area contributed by atoms with E-state index in [-0.39, 0.29) is 5.43 Å². The molecule has 0 unspecified atom stereocenters. The molecule has 0 radical (unpaired) electrons. The van der Waals surface area contributed by atoms with Gasteiger partial charge in [0.25, 0.3) is 0 Å². The van der Waals surface area contributed by atoms with E-state index in [9.17, 15) is 4.79 Å². The highest BCUT2D eigenvalue weighted by Crippen LogP contribution is 2.41. The predicted octanol–water partition coefficient (Wildman–Crippen LogP) is 5.75. The van der Waals surface area contributed by atoms with Crippen LogP contribution in [0.1, 0.15) is 33.3 Å². The Bertz CT molecular complexity index is 1490. The molecule has 0 amide bonds. The molecule has 0 saturated heterocycles. The maximum Gasteiger partial charge on any atom is 0.201 e. The minimum absolute atomic E-state index is 0.00674. The summed E-state index contributed by atoms with van der Waals surface area (Å²) in [5, 5.41) is 3.47. The standard InChI is InChI=1S/C29H32N2O3/c1-6-31(7-2)14-15-33-25-18-24-21(12-13-29(3,4)34-24)27-26(25)28(32)22-16-19-10-8-9-11-20(19)17-23(22)30(27)5/h8-13,16-18H,6-7,14-15H2,1-5H3. The van der Waals surface area contributed by atoms with Crippen LogP contribution in [0.5, 0.6) is 11.5 Å². The van der Waals surface area contributed by atoms with Crippen LogP contribution in [0.2, 0.25) is 0 Å². The first kappa shape index (κ1) is 22.5. The number of rotatable bonds is 6. The molecule has 0 saturated carbocycles. The Morgan fingerprint density at radius 1 is 1.06 bits per heavy atom. The number of aromatic nitrogens is 1. The van der Waals surface area contributed by atoms with Gasteiger partial charge in [-0.1, -0.05) is 38.1 Å². The van der Waals surface area contributed by atoms with Gasteiger partial charge < -0.3 is 18.9 Å².